The van der Waals surface area contributed by atoms with Crippen LogP contribution in [-0.4, -0.2) is 22.8 Å². The standard InChI is InChI=1S/C16H24N4O/c1-4-10-17-11-15-18-19-16(21-15)20(13(2)3)12-14-8-6-5-7-9-14/h5-9,13,17H,4,10-12H2,1-3H3. The van der Waals surface area contributed by atoms with Gasteiger partial charge in [0.25, 0.3) is 0 Å². The van der Waals surface area contributed by atoms with Crippen LogP contribution in [0.4, 0.5) is 6.01 Å². The van der Waals surface area contributed by atoms with E-state index in [0.29, 0.717) is 24.5 Å². The number of aromatic nitrogens is 2. The predicted octanol–water partition coefficient (Wildman–Crippen LogP) is 2.98. The molecule has 0 aliphatic carbocycles. The van der Waals surface area contributed by atoms with Crippen LogP contribution in [0.15, 0.2) is 34.7 Å². The molecular weight excluding hydrogens is 264 g/mol. The summed E-state index contributed by atoms with van der Waals surface area (Å²) in [5, 5.41) is 11.6. The zero-order valence-electron chi connectivity index (χ0n) is 13.0. The minimum absolute atomic E-state index is 0.294. The lowest BCUT2D eigenvalue weighted by Crippen LogP contribution is -2.30. The molecule has 0 amide bonds. The van der Waals surface area contributed by atoms with E-state index in [1.165, 1.54) is 5.56 Å². The number of nitrogens with one attached hydrogen (secondary N) is 1. The summed E-state index contributed by atoms with van der Waals surface area (Å²) in [4.78, 5) is 2.12. The number of hydrogen-bond acceptors (Lipinski definition) is 5. The van der Waals surface area contributed by atoms with Crippen LogP contribution in [0, 0.1) is 0 Å². The van der Waals surface area contributed by atoms with Crippen molar-refractivity contribution in [2.75, 3.05) is 11.4 Å². The van der Waals surface area contributed by atoms with Gasteiger partial charge in [0.1, 0.15) is 0 Å². The predicted molar refractivity (Wildman–Crippen MR) is 84.1 cm³/mol. The van der Waals surface area contributed by atoms with Gasteiger partial charge in [0.15, 0.2) is 0 Å². The van der Waals surface area contributed by atoms with Gasteiger partial charge in [-0.05, 0) is 32.4 Å². The molecule has 0 atom stereocenters. The molecule has 1 heterocycles. The van der Waals surface area contributed by atoms with E-state index >= 15 is 0 Å². The highest BCUT2D eigenvalue weighted by molar-refractivity contribution is 5.29. The summed E-state index contributed by atoms with van der Waals surface area (Å²) in [5.41, 5.74) is 1.23. The summed E-state index contributed by atoms with van der Waals surface area (Å²) in [6, 6.07) is 11.2. The quantitative estimate of drug-likeness (QED) is 0.757. The molecule has 0 aliphatic heterocycles. The molecule has 2 aromatic rings. The van der Waals surface area contributed by atoms with E-state index in [1.54, 1.807) is 0 Å². The maximum atomic E-state index is 5.77. The van der Waals surface area contributed by atoms with Gasteiger partial charge in [0.2, 0.25) is 5.89 Å². The van der Waals surface area contributed by atoms with E-state index in [9.17, 15) is 0 Å². The number of nitrogens with zero attached hydrogens (tertiary/aromatic N) is 3. The normalized spacial score (nSPS) is 11.0. The summed E-state index contributed by atoms with van der Waals surface area (Å²) in [7, 11) is 0. The fraction of sp³-hybridized carbons (Fsp3) is 0.500. The van der Waals surface area contributed by atoms with E-state index in [-0.39, 0.29) is 0 Å². The molecule has 0 fully saturated rings. The first kappa shape index (κ1) is 15.5. The number of hydrogen-bond donors (Lipinski definition) is 1. The minimum Gasteiger partial charge on any atom is -0.407 e. The van der Waals surface area contributed by atoms with E-state index in [0.717, 1.165) is 19.5 Å². The van der Waals surface area contributed by atoms with Gasteiger partial charge in [-0.3, -0.25) is 0 Å². The second kappa shape index (κ2) is 7.78. The second-order valence-corrected chi connectivity index (χ2v) is 5.36. The van der Waals surface area contributed by atoms with Crippen LogP contribution in [0.5, 0.6) is 0 Å². The molecule has 2 rings (SSSR count). The van der Waals surface area contributed by atoms with Crippen LogP contribution >= 0.6 is 0 Å². The van der Waals surface area contributed by atoms with Crippen LogP contribution in [0.25, 0.3) is 0 Å². The highest BCUT2D eigenvalue weighted by Gasteiger charge is 2.17. The van der Waals surface area contributed by atoms with Crippen LogP contribution in [0.3, 0.4) is 0 Å². The summed E-state index contributed by atoms with van der Waals surface area (Å²) < 4.78 is 5.77. The lowest BCUT2D eigenvalue weighted by atomic mass is 10.2. The third kappa shape index (κ3) is 4.56. The first-order valence-corrected chi connectivity index (χ1v) is 7.54. The molecule has 5 heteroatoms. The van der Waals surface area contributed by atoms with Gasteiger partial charge in [0, 0.05) is 12.6 Å². The van der Waals surface area contributed by atoms with Crippen molar-refractivity contribution in [2.24, 2.45) is 0 Å². The third-order valence-corrected chi connectivity index (χ3v) is 3.22. The van der Waals surface area contributed by atoms with Crippen molar-refractivity contribution in [3.05, 3.63) is 41.8 Å². The Hall–Kier alpha value is -1.88. The Bertz CT molecular complexity index is 524. The number of benzene rings is 1. The maximum absolute atomic E-state index is 5.77. The van der Waals surface area contributed by atoms with Crippen molar-refractivity contribution < 1.29 is 4.42 Å². The Balaban J connectivity index is 2.04. The monoisotopic (exact) mass is 288 g/mol. The molecule has 5 nitrogen and oxygen atoms in total. The van der Waals surface area contributed by atoms with Crippen molar-refractivity contribution in [1.29, 1.82) is 0 Å². The van der Waals surface area contributed by atoms with Gasteiger partial charge >= 0.3 is 6.01 Å². The van der Waals surface area contributed by atoms with Gasteiger partial charge in [-0.2, -0.15) is 0 Å². The number of rotatable bonds is 8. The first-order valence-electron chi connectivity index (χ1n) is 7.54. The molecule has 0 saturated heterocycles. The van der Waals surface area contributed by atoms with Crippen molar-refractivity contribution in [3.63, 3.8) is 0 Å². The summed E-state index contributed by atoms with van der Waals surface area (Å²) in [5.74, 6) is 0.636. The van der Waals surface area contributed by atoms with Crippen LogP contribution in [0.2, 0.25) is 0 Å². The zero-order chi connectivity index (χ0) is 15.1. The molecule has 0 unspecified atom stereocenters. The summed E-state index contributed by atoms with van der Waals surface area (Å²) >= 11 is 0. The smallest absolute Gasteiger partial charge is 0.318 e. The van der Waals surface area contributed by atoms with Gasteiger partial charge in [-0.25, -0.2) is 0 Å². The van der Waals surface area contributed by atoms with Crippen LogP contribution in [-0.2, 0) is 13.1 Å². The highest BCUT2D eigenvalue weighted by Crippen LogP contribution is 2.18. The molecule has 0 bridgehead atoms. The van der Waals surface area contributed by atoms with Crippen molar-refractivity contribution in [3.8, 4) is 0 Å². The van der Waals surface area contributed by atoms with E-state index in [1.807, 2.05) is 18.2 Å². The molecule has 21 heavy (non-hydrogen) atoms. The van der Waals surface area contributed by atoms with Gasteiger partial charge in [0.05, 0.1) is 6.54 Å². The Morgan fingerprint density at radius 2 is 1.95 bits per heavy atom. The SMILES string of the molecule is CCCNCc1nnc(N(Cc2ccccc2)C(C)C)o1. The largest absolute Gasteiger partial charge is 0.407 e. The van der Waals surface area contributed by atoms with E-state index in [2.05, 4.69) is 53.3 Å². The Morgan fingerprint density at radius 3 is 2.62 bits per heavy atom. The molecule has 0 spiro atoms. The van der Waals surface area contributed by atoms with Crippen molar-refractivity contribution in [1.82, 2.24) is 15.5 Å². The Labute approximate surface area is 126 Å². The number of anilines is 1. The Morgan fingerprint density at radius 1 is 1.19 bits per heavy atom. The van der Waals surface area contributed by atoms with Gasteiger partial charge in [-0.1, -0.05) is 42.4 Å². The average molecular weight is 288 g/mol. The molecule has 1 aromatic heterocycles. The van der Waals surface area contributed by atoms with Crippen LogP contribution < -0.4 is 10.2 Å². The van der Waals surface area contributed by atoms with Gasteiger partial charge < -0.3 is 14.6 Å². The average Bonchev–Trinajstić information content (AvgIpc) is 2.94. The third-order valence-electron chi connectivity index (χ3n) is 3.22. The zero-order valence-corrected chi connectivity index (χ0v) is 13.0. The molecular formula is C16H24N4O. The van der Waals surface area contributed by atoms with E-state index < -0.39 is 0 Å². The maximum Gasteiger partial charge on any atom is 0.318 e. The topological polar surface area (TPSA) is 54.2 Å². The summed E-state index contributed by atoms with van der Waals surface area (Å²) in [6.07, 6.45) is 1.09. The van der Waals surface area contributed by atoms with Crippen molar-refractivity contribution >= 4 is 6.01 Å². The van der Waals surface area contributed by atoms with E-state index in [4.69, 9.17) is 4.42 Å². The summed E-state index contributed by atoms with van der Waals surface area (Å²) in [6.45, 7) is 8.73. The fourth-order valence-electron chi connectivity index (χ4n) is 2.06. The first-order chi connectivity index (χ1) is 10.2. The highest BCUT2D eigenvalue weighted by atomic mass is 16.4. The Kier molecular flexibility index (Phi) is 5.75. The lowest BCUT2D eigenvalue weighted by Gasteiger charge is -2.24. The van der Waals surface area contributed by atoms with Crippen LogP contribution in [0.1, 0.15) is 38.6 Å². The minimum atomic E-state index is 0.294. The molecule has 1 aromatic carbocycles. The molecule has 0 radical (unpaired) electrons. The second-order valence-electron chi connectivity index (χ2n) is 5.36. The van der Waals surface area contributed by atoms with Gasteiger partial charge in [-0.15, -0.1) is 5.10 Å². The molecule has 1 N–H and O–H groups in total. The van der Waals surface area contributed by atoms with Crippen molar-refractivity contribution in [2.45, 2.75) is 46.3 Å². The molecule has 0 saturated carbocycles. The lowest BCUT2D eigenvalue weighted by molar-refractivity contribution is 0.451. The molecule has 114 valence electrons. The molecule has 0 aliphatic rings. The fourth-order valence-corrected chi connectivity index (χ4v) is 2.06.